The molecule has 1 amide bonds. The number of nitrogens with one attached hydrogen (secondary N) is 1. The van der Waals surface area contributed by atoms with Crippen molar-refractivity contribution in [3.63, 3.8) is 0 Å². The van der Waals surface area contributed by atoms with Crippen molar-refractivity contribution in [2.75, 3.05) is 0 Å². The highest BCUT2D eigenvalue weighted by Gasteiger charge is 2.25. The van der Waals surface area contributed by atoms with Crippen LogP contribution in [-0.4, -0.2) is 17.0 Å². The Morgan fingerprint density at radius 3 is 2.48 bits per heavy atom. The van der Waals surface area contributed by atoms with Crippen molar-refractivity contribution in [2.24, 2.45) is 5.41 Å². The molecule has 1 atom stereocenters. The molecule has 0 bridgehead atoms. The fourth-order valence-corrected chi connectivity index (χ4v) is 2.16. The van der Waals surface area contributed by atoms with Gasteiger partial charge in [0.1, 0.15) is 5.82 Å². The minimum Gasteiger partial charge on any atom is -0.481 e. The maximum atomic E-state index is 13.5. The Balaban J connectivity index is 2.65. The van der Waals surface area contributed by atoms with Crippen LogP contribution in [0.1, 0.15) is 50.8 Å². The van der Waals surface area contributed by atoms with Gasteiger partial charge in [-0.15, -0.1) is 0 Å². The summed E-state index contributed by atoms with van der Waals surface area (Å²) in [7, 11) is 0. The summed E-state index contributed by atoms with van der Waals surface area (Å²) in [6.07, 6.45) is 0.0337. The number of amides is 1. The quantitative estimate of drug-likeness (QED) is 0.847. The summed E-state index contributed by atoms with van der Waals surface area (Å²) in [6.45, 7) is 6.91. The fourth-order valence-electron chi connectivity index (χ4n) is 2.16. The Morgan fingerprint density at radius 1 is 1.33 bits per heavy atom. The van der Waals surface area contributed by atoms with E-state index in [0.717, 1.165) is 0 Å². The van der Waals surface area contributed by atoms with E-state index in [4.69, 9.17) is 5.11 Å². The third kappa shape index (κ3) is 5.53. The van der Waals surface area contributed by atoms with Gasteiger partial charge in [-0.3, -0.25) is 9.59 Å². The minimum absolute atomic E-state index is 0.0754. The van der Waals surface area contributed by atoms with Crippen LogP contribution >= 0.6 is 0 Å². The molecule has 116 valence electrons. The Bertz CT molecular complexity index is 540. The molecule has 0 fully saturated rings. The third-order valence-electron chi connectivity index (χ3n) is 3.34. The van der Waals surface area contributed by atoms with Gasteiger partial charge in [-0.05, 0) is 36.5 Å². The van der Waals surface area contributed by atoms with Gasteiger partial charge >= 0.3 is 5.97 Å². The standard InChI is InChI=1S/C16H22FNO3/c1-10-5-6-12(7-13(10)17)11(2)18-14(19)8-16(3,4)9-15(20)21/h5-7,11H,8-9H2,1-4H3,(H,18,19)(H,20,21). The van der Waals surface area contributed by atoms with Gasteiger partial charge in [0.05, 0.1) is 12.5 Å². The number of carbonyl (C=O) groups is 2. The Hall–Kier alpha value is -1.91. The zero-order chi connectivity index (χ0) is 16.2. The second-order valence-electron chi connectivity index (χ2n) is 6.21. The molecule has 0 aliphatic rings. The average Bonchev–Trinajstić information content (AvgIpc) is 2.29. The molecule has 1 rings (SSSR count). The highest BCUT2D eigenvalue weighted by atomic mass is 19.1. The average molecular weight is 295 g/mol. The zero-order valence-electron chi connectivity index (χ0n) is 12.9. The van der Waals surface area contributed by atoms with Crippen molar-refractivity contribution in [3.05, 3.63) is 35.1 Å². The lowest BCUT2D eigenvalue weighted by Gasteiger charge is -2.23. The number of carboxylic acid groups (broad SMARTS) is 1. The van der Waals surface area contributed by atoms with Crippen molar-refractivity contribution in [1.82, 2.24) is 5.32 Å². The number of benzene rings is 1. The lowest BCUT2D eigenvalue weighted by atomic mass is 9.85. The maximum Gasteiger partial charge on any atom is 0.303 e. The molecule has 0 aliphatic carbocycles. The predicted octanol–water partition coefficient (Wildman–Crippen LogP) is 3.20. The largest absolute Gasteiger partial charge is 0.481 e. The molecule has 1 aromatic carbocycles. The van der Waals surface area contributed by atoms with Crippen LogP contribution in [0.15, 0.2) is 18.2 Å². The molecule has 0 aromatic heterocycles. The zero-order valence-corrected chi connectivity index (χ0v) is 12.9. The number of carbonyl (C=O) groups excluding carboxylic acids is 1. The van der Waals surface area contributed by atoms with Gasteiger partial charge in [-0.1, -0.05) is 26.0 Å². The van der Waals surface area contributed by atoms with Gasteiger partial charge < -0.3 is 10.4 Å². The van der Waals surface area contributed by atoms with E-state index in [2.05, 4.69) is 5.32 Å². The van der Waals surface area contributed by atoms with E-state index in [1.165, 1.54) is 6.07 Å². The lowest BCUT2D eigenvalue weighted by molar-refractivity contribution is -0.139. The number of rotatable bonds is 6. The summed E-state index contributed by atoms with van der Waals surface area (Å²) in [5.41, 5.74) is 0.621. The highest BCUT2D eigenvalue weighted by molar-refractivity contribution is 5.78. The van der Waals surface area contributed by atoms with E-state index >= 15 is 0 Å². The van der Waals surface area contributed by atoms with E-state index in [-0.39, 0.29) is 30.6 Å². The van der Waals surface area contributed by atoms with Crippen LogP contribution < -0.4 is 5.32 Å². The van der Waals surface area contributed by atoms with Crippen LogP contribution in [0.4, 0.5) is 4.39 Å². The molecule has 5 heteroatoms. The van der Waals surface area contributed by atoms with E-state index in [0.29, 0.717) is 11.1 Å². The highest BCUT2D eigenvalue weighted by Crippen LogP contribution is 2.25. The molecule has 1 aromatic rings. The molecular formula is C16H22FNO3. The van der Waals surface area contributed by atoms with E-state index in [9.17, 15) is 14.0 Å². The number of aryl methyl sites for hydroxylation is 1. The monoisotopic (exact) mass is 295 g/mol. The molecule has 0 aliphatic heterocycles. The van der Waals surface area contributed by atoms with E-state index < -0.39 is 11.4 Å². The first kappa shape index (κ1) is 17.1. The van der Waals surface area contributed by atoms with Gasteiger partial charge in [0, 0.05) is 6.42 Å². The Labute approximate surface area is 124 Å². The van der Waals surface area contributed by atoms with Crippen molar-refractivity contribution in [3.8, 4) is 0 Å². The number of aliphatic carboxylic acids is 1. The van der Waals surface area contributed by atoms with Crippen molar-refractivity contribution < 1.29 is 19.1 Å². The summed E-state index contributed by atoms with van der Waals surface area (Å²) in [5, 5.41) is 11.6. The third-order valence-corrected chi connectivity index (χ3v) is 3.34. The molecule has 0 saturated heterocycles. The minimum atomic E-state index is -0.929. The molecule has 2 N–H and O–H groups in total. The molecule has 21 heavy (non-hydrogen) atoms. The van der Waals surface area contributed by atoms with Crippen molar-refractivity contribution in [2.45, 2.75) is 46.6 Å². The van der Waals surface area contributed by atoms with Gasteiger partial charge in [-0.25, -0.2) is 4.39 Å². The van der Waals surface area contributed by atoms with E-state index in [1.807, 2.05) is 0 Å². The molecule has 0 spiro atoms. The molecule has 4 nitrogen and oxygen atoms in total. The van der Waals surface area contributed by atoms with Crippen LogP contribution in [0.2, 0.25) is 0 Å². The maximum absolute atomic E-state index is 13.5. The van der Waals surface area contributed by atoms with E-state index in [1.54, 1.807) is 39.8 Å². The summed E-state index contributed by atoms with van der Waals surface area (Å²) in [6, 6.07) is 4.52. The summed E-state index contributed by atoms with van der Waals surface area (Å²) >= 11 is 0. The van der Waals surface area contributed by atoms with Gasteiger partial charge in [0.25, 0.3) is 0 Å². The first-order chi connectivity index (χ1) is 9.60. The first-order valence-corrected chi connectivity index (χ1v) is 6.88. The normalized spacial score (nSPS) is 12.8. The topological polar surface area (TPSA) is 66.4 Å². The summed E-state index contributed by atoms with van der Waals surface area (Å²) in [5.74, 6) is -1.48. The molecule has 0 saturated carbocycles. The van der Waals surface area contributed by atoms with Crippen molar-refractivity contribution in [1.29, 1.82) is 0 Å². The first-order valence-electron chi connectivity index (χ1n) is 6.88. The molecule has 0 heterocycles. The van der Waals surface area contributed by atoms with Crippen LogP contribution in [0, 0.1) is 18.2 Å². The summed E-state index contributed by atoms with van der Waals surface area (Å²) < 4.78 is 13.5. The Morgan fingerprint density at radius 2 is 1.95 bits per heavy atom. The number of halogens is 1. The van der Waals surface area contributed by atoms with Crippen LogP contribution in [0.3, 0.4) is 0 Å². The molecule has 1 unspecified atom stereocenters. The fraction of sp³-hybridized carbons (Fsp3) is 0.500. The molecular weight excluding hydrogens is 273 g/mol. The second-order valence-corrected chi connectivity index (χ2v) is 6.21. The van der Waals surface area contributed by atoms with Gasteiger partial charge in [0.2, 0.25) is 5.91 Å². The number of hydrogen-bond donors (Lipinski definition) is 2. The lowest BCUT2D eigenvalue weighted by Crippen LogP contribution is -2.32. The Kier molecular flexibility index (Phi) is 5.47. The SMILES string of the molecule is Cc1ccc(C(C)NC(=O)CC(C)(C)CC(=O)O)cc1F. The second kappa shape index (κ2) is 6.70. The molecule has 0 radical (unpaired) electrons. The predicted molar refractivity (Wildman–Crippen MR) is 78.3 cm³/mol. The number of hydrogen-bond acceptors (Lipinski definition) is 2. The smallest absolute Gasteiger partial charge is 0.303 e. The summed E-state index contributed by atoms with van der Waals surface area (Å²) in [4.78, 5) is 22.7. The van der Waals surface area contributed by atoms with Crippen LogP contribution in [0.25, 0.3) is 0 Å². The van der Waals surface area contributed by atoms with Gasteiger partial charge in [-0.2, -0.15) is 0 Å². The van der Waals surface area contributed by atoms with Gasteiger partial charge in [0.15, 0.2) is 0 Å². The van der Waals surface area contributed by atoms with Crippen LogP contribution in [-0.2, 0) is 9.59 Å². The van der Waals surface area contributed by atoms with Crippen LogP contribution in [0.5, 0.6) is 0 Å². The number of carboxylic acids is 1. The van der Waals surface area contributed by atoms with Crippen molar-refractivity contribution >= 4 is 11.9 Å².